The van der Waals surface area contributed by atoms with Gasteiger partial charge in [0.2, 0.25) is 10.0 Å². The van der Waals surface area contributed by atoms with Crippen molar-refractivity contribution in [2.45, 2.75) is 39.3 Å². The number of carbonyl (C=O) groups is 1. The molecule has 0 radical (unpaired) electrons. The van der Waals surface area contributed by atoms with Crippen LogP contribution in [0.5, 0.6) is 5.75 Å². The van der Waals surface area contributed by atoms with Gasteiger partial charge in [0.15, 0.2) is 6.10 Å². The normalized spacial score (nSPS) is 13.5. The third-order valence-electron chi connectivity index (χ3n) is 4.58. The van der Waals surface area contributed by atoms with Gasteiger partial charge in [-0.05, 0) is 50.1 Å². The number of nitrogens with zero attached hydrogens (tertiary/aromatic N) is 1. The first-order chi connectivity index (χ1) is 13.1. The summed E-state index contributed by atoms with van der Waals surface area (Å²) in [6, 6.07) is 14.6. The third kappa shape index (κ3) is 5.73. The molecule has 6 nitrogen and oxygen atoms in total. The molecule has 1 amide bonds. The highest BCUT2D eigenvalue weighted by atomic mass is 32.2. The Kier molecular flexibility index (Phi) is 7.07. The van der Waals surface area contributed by atoms with Gasteiger partial charge in [-0.15, -0.1) is 0 Å². The predicted molar refractivity (Wildman–Crippen MR) is 112 cm³/mol. The van der Waals surface area contributed by atoms with E-state index in [-0.39, 0.29) is 11.9 Å². The maximum Gasteiger partial charge on any atom is 0.261 e. The average Bonchev–Trinajstić information content (AvgIpc) is 2.66. The summed E-state index contributed by atoms with van der Waals surface area (Å²) in [5.74, 6) is 0.293. The van der Waals surface area contributed by atoms with Crippen LogP contribution in [-0.2, 0) is 14.8 Å². The summed E-state index contributed by atoms with van der Waals surface area (Å²) in [5, 5.41) is 3.02. The van der Waals surface area contributed by atoms with Crippen molar-refractivity contribution < 1.29 is 17.9 Å². The van der Waals surface area contributed by atoms with Gasteiger partial charge in [0, 0.05) is 7.05 Å². The van der Waals surface area contributed by atoms with E-state index in [0.717, 1.165) is 18.2 Å². The molecule has 0 fully saturated rings. The Morgan fingerprint density at radius 2 is 1.68 bits per heavy atom. The van der Waals surface area contributed by atoms with Crippen molar-refractivity contribution in [1.29, 1.82) is 0 Å². The second-order valence-corrected chi connectivity index (χ2v) is 8.88. The van der Waals surface area contributed by atoms with Crippen LogP contribution < -0.4 is 14.4 Å². The standard InChI is InChI=1S/C21H28N2O4S/c1-6-20(17-9-7-15(2)8-10-17)22-21(24)16(3)27-19-13-11-18(12-14-19)23(4)28(5,25)26/h7-14,16,20H,6H2,1-5H3,(H,22,24)/t16-,20-/m0/s1. The second-order valence-electron chi connectivity index (χ2n) is 6.86. The van der Waals surface area contributed by atoms with Crippen molar-refractivity contribution in [2.75, 3.05) is 17.6 Å². The zero-order valence-electron chi connectivity index (χ0n) is 17.0. The quantitative estimate of drug-likeness (QED) is 0.731. The van der Waals surface area contributed by atoms with E-state index in [4.69, 9.17) is 4.74 Å². The topological polar surface area (TPSA) is 75.7 Å². The summed E-state index contributed by atoms with van der Waals surface area (Å²) in [6.45, 7) is 5.74. The summed E-state index contributed by atoms with van der Waals surface area (Å²) < 4.78 is 30.1. The van der Waals surface area contributed by atoms with Crippen molar-refractivity contribution in [3.63, 3.8) is 0 Å². The maximum atomic E-state index is 12.5. The Bertz CT molecular complexity index is 893. The van der Waals surface area contributed by atoms with Gasteiger partial charge < -0.3 is 10.1 Å². The number of aryl methyl sites for hydroxylation is 1. The molecule has 2 aromatic rings. The molecule has 2 rings (SSSR count). The van der Waals surface area contributed by atoms with E-state index < -0.39 is 16.1 Å². The van der Waals surface area contributed by atoms with E-state index in [1.165, 1.54) is 16.9 Å². The Labute approximate surface area is 167 Å². The minimum absolute atomic E-state index is 0.0788. The number of anilines is 1. The average molecular weight is 405 g/mol. The van der Waals surface area contributed by atoms with Crippen LogP contribution in [0.1, 0.15) is 37.4 Å². The fourth-order valence-corrected chi connectivity index (χ4v) is 3.20. The van der Waals surface area contributed by atoms with Crippen LogP contribution in [0, 0.1) is 6.92 Å². The third-order valence-corrected chi connectivity index (χ3v) is 5.79. The molecule has 2 atom stereocenters. The number of ether oxygens (including phenoxy) is 1. The zero-order valence-corrected chi connectivity index (χ0v) is 17.8. The van der Waals surface area contributed by atoms with E-state index >= 15 is 0 Å². The van der Waals surface area contributed by atoms with E-state index in [2.05, 4.69) is 5.32 Å². The molecule has 0 unspecified atom stereocenters. The SMILES string of the molecule is CC[C@H](NC(=O)[C@H](C)Oc1ccc(N(C)S(C)(=O)=O)cc1)c1ccc(C)cc1. The molecule has 1 N–H and O–H groups in total. The van der Waals surface area contributed by atoms with Crippen LogP contribution in [0.3, 0.4) is 0 Å². The van der Waals surface area contributed by atoms with Gasteiger partial charge in [0.05, 0.1) is 18.0 Å². The molecule has 0 aliphatic carbocycles. The lowest BCUT2D eigenvalue weighted by atomic mass is 10.0. The highest BCUT2D eigenvalue weighted by Gasteiger charge is 2.19. The Hall–Kier alpha value is -2.54. The van der Waals surface area contributed by atoms with Crippen molar-refractivity contribution >= 4 is 21.6 Å². The second kappa shape index (κ2) is 9.10. The highest BCUT2D eigenvalue weighted by molar-refractivity contribution is 7.92. The van der Waals surface area contributed by atoms with Gasteiger partial charge in [-0.2, -0.15) is 0 Å². The monoisotopic (exact) mass is 404 g/mol. The van der Waals surface area contributed by atoms with Gasteiger partial charge in [-0.25, -0.2) is 8.42 Å². The minimum Gasteiger partial charge on any atom is -0.481 e. The summed E-state index contributed by atoms with van der Waals surface area (Å²) >= 11 is 0. The summed E-state index contributed by atoms with van der Waals surface area (Å²) in [5.41, 5.74) is 2.76. The van der Waals surface area contributed by atoms with Crippen LogP contribution in [0.4, 0.5) is 5.69 Å². The Morgan fingerprint density at radius 3 is 2.18 bits per heavy atom. The van der Waals surface area contributed by atoms with Gasteiger partial charge >= 0.3 is 0 Å². The number of sulfonamides is 1. The molecular formula is C21H28N2O4S. The first-order valence-corrected chi connectivity index (χ1v) is 11.0. The number of hydrogen-bond acceptors (Lipinski definition) is 4. The number of amides is 1. The number of carbonyl (C=O) groups excluding carboxylic acids is 1. The van der Waals surface area contributed by atoms with Crippen LogP contribution in [0.25, 0.3) is 0 Å². The molecule has 0 saturated carbocycles. The van der Waals surface area contributed by atoms with Crippen LogP contribution in [-0.4, -0.2) is 33.7 Å². The molecule has 0 bridgehead atoms. The predicted octanol–water partition coefficient (Wildman–Crippen LogP) is 3.43. The highest BCUT2D eigenvalue weighted by Crippen LogP contribution is 2.22. The lowest BCUT2D eigenvalue weighted by Gasteiger charge is -2.21. The van der Waals surface area contributed by atoms with Gasteiger partial charge in [0.1, 0.15) is 5.75 Å². The molecule has 7 heteroatoms. The van der Waals surface area contributed by atoms with Gasteiger partial charge in [-0.3, -0.25) is 9.10 Å². The van der Waals surface area contributed by atoms with Crippen LogP contribution in [0.15, 0.2) is 48.5 Å². The molecule has 0 aliphatic rings. The molecule has 0 heterocycles. The molecule has 2 aromatic carbocycles. The van der Waals surface area contributed by atoms with E-state index in [1.54, 1.807) is 31.2 Å². The van der Waals surface area contributed by atoms with Crippen molar-refractivity contribution in [3.05, 3.63) is 59.7 Å². The molecule has 152 valence electrons. The van der Waals surface area contributed by atoms with E-state index in [9.17, 15) is 13.2 Å². The molecular weight excluding hydrogens is 376 g/mol. The van der Waals surface area contributed by atoms with E-state index in [0.29, 0.717) is 11.4 Å². The number of rotatable bonds is 8. The molecule has 28 heavy (non-hydrogen) atoms. The number of benzene rings is 2. The van der Waals surface area contributed by atoms with Crippen molar-refractivity contribution in [3.8, 4) is 5.75 Å². The lowest BCUT2D eigenvalue weighted by Crippen LogP contribution is -2.38. The Balaban J connectivity index is 2.00. The first kappa shape index (κ1) is 21.8. The molecule has 0 aliphatic heterocycles. The summed E-state index contributed by atoms with van der Waals surface area (Å²) in [6.07, 6.45) is 1.23. The first-order valence-electron chi connectivity index (χ1n) is 9.19. The smallest absolute Gasteiger partial charge is 0.261 e. The number of hydrogen-bond donors (Lipinski definition) is 1. The maximum absolute atomic E-state index is 12.5. The van der Waals surface area contributed by atoms with Crippen LogP contribution >= 0.6 is 0 Å². The number of nitrogens with one attached hydrogen (secondary N) is 1. The Morgan fingerprint density at radius 1 is 1.11 bits per heavy atom. The molecule has 0 spiro atoms. The zero-order chi connectivity index (χ0) is 20.9. The largest absolute Gasteiger partial charge is 0.481 e. The minimum atomic E-state index is -3.32. The van der Waals surface area contributed by atoms with Gasteiger partial charge in [-0.1, -0.05) is 36.8 Å². The van der Waals surface area contributed by atoms with Gasteiger partial charge in [0.25, 0.3) is 5.91 Å². The fourth-order valence-electron chi connectivity index (χ4n) is 2.69. The van der Waals surface area contributed by atoms with Crippen molar-refractivity contribution in [1.82, 2.24) is 5.32 Å². The van der Waals surface area contributed by atoms with E-state index in [1.807, 2.05) is 38.1 Å². The van der Waals surface area contributed by atoms with Crippen LogP contribution in [0.2, 0.25) is 0 Å². The summed E-state index contributed by atoms with van der Waals surface area (Å²) in [7, 11) is -1.84. The summed E-state index contributed by atoms with van der Waals surface area (Å²) in [4.78, 5) is 12.5. The lowest BCUT2D eigenvalue weighted by molar-refractivity contribution is -0.128. The van der Waals surface area contributed by atoms with Crippen molar-refractivity contribution in [2.24, 2.45) is 0 Å². The molecule has 0 saturated heterocycles. The fraction of sp³-hybridized carbons (Fsp3) is 0.381. The molecule has 0 aromatic heterocycles.